The van der Waals surface area contributed by atoms with Crippen molar-refractivity contribution in [3.63, 3.8) is 0 Å². The molecule has 0 radical (unpaired) electrons. The van der Waals surface area contributed by atoms with E-state index >= 15 is 0 Å². The third-order valence-electron chi connectivity index (χ3n) is 6.42. The standard InChI is InChI=1S/C21H25FN4O2S2/c1-14(2)29(27)24-9-5-17(13-24)30(28)26-18-12-16(22)11-15(3)19(18)20(23-26)25-10-8-21(25)6-4-7-21/h5,9,11-14H,4,6-8,10H2,1-3H3. The second-order valence-electron chi connectivity index (χ2n) is 8.57. The van der Waals surface area contributed by atoms with Gasteiger partial charge in [-0.15, -0.1) is 5.10 Å². The molecule has 1 saturated heterocycles. The molecule has 1 aliphatic carbocycles. The molecule has 2 fully saturated rings. The van der Waals surface area contributed by atoms with Crippen LogP contribution in [0.2, 0.25) is 0 Å². The van der Waals surface area contributed by atoms with Crippen LogP contribution in [0, 0.1) is 12.7 Å². The Balaban J connectivity index is 1.61. The average Bonchev–Trinajstić information content (AvgIpc) is 3.24. The number of aromatic nitrogens is 3. The van der Waals surface area contributed by atoms with E-state index in [0.717, 1.165) is 42.6 Å². The van der Waals surface area contributed by atoms with Crippen LogP contribution in [0.4, 0.5) is 10.2 Å². The first kappa shape index (κ1) is 19.9. The van der Waals surface area contributed by atoms with E-state index in [4.69, 9.17) is 5.10 Å². The predicted octanol–water partition coefficient (Wildman–Crippen LogP) is 3.91. The summed E-state index contributed by atoms with van der Waals surface area (Å²) in [5.41, 5.74) is 1.49. The zero-order valence-corrected chi connectivity index (χ0v) is 18.9. The summed E-state index contributed by atoms with van der Waals surface area (Å²) < 4.78 is 43.1. The highest BCUT2D eigenvalue weighted by molar-refractivity contribution is 7.84. The van der Waals surface area contributed by atoms with Crippen molar-refractivity contribution in [2.24, 2.45) is 0 Å². The second kappa shape index (κ2) is 7.02. The van der Waals surface area contributed by atoms with E-state index in [-0.39, 0.29) is 16.6 Å². The molecule has 30 heavy (non-hydrogen) atoms. The van der Waals surface area contributed by atoms with E-state index < -0.39 is 22.0 Å². The van der Waals surface area contributed by atoms with Crippen LogP contribution in [0.15, 0.2) is 35.5 Å². The topological polar surface area (TPSA) is 60.1 Å². The Morgan fingerprint density at radius 1 is 1.20 bits per heavy atom. The fourth-order valence-corrected chi connectivity index (χ4v) is 6.57. The maximum atomic E-state index is 14.3. The fraction of sp³-hybridized carbons (Fsp3) is 0.476. The van der Waals surface area contributed by atoms with Gasteiger partial charge in [-0.05, 0) is 64.2 Å². The van der Waals surface area contributed by atoms with Crippen molar-refractivity contribution in [3.8, 4) is 0 Å². The van der Waals surface area contributed by atoms with Gasteiger partial charge >= 0.3 is 0 Å². The lowest BCUT2D eigenvalue weighted by Crippen LogP contribution is -2.64. The molecule has 3 aromatic rings. The molecule has 2 aromatic heterocycles. The van der Waals surface area contributed by atoms with E-state index in [1.54, 1.807) is 22.4 Å². The van der Waals surface area contributed by atoms with E-state index in [1.165, 1.54) is 22.6 Å². The molecule has 2 atom stereocenters. The molecule has 1 aliphatic heterocycles. The van der Waals surface area contributed by atoms with Gasteiger partial charge in [0, 0.05) is 41.2 Å². The number of anilines is 1. The molecule has 5 rings (SSSR count). The molecule has 0 bridgehead atoms. The SMILES string of the molecule is Cc1cc(F)cc2c1c(N1CCC13CCC3)nn2S(=O)c1ccn(S(=O)C(C)C)c1. The Labute approximate surface area is 180 Å². The van der Waals surface area contributed by atoms with E-state index in [1.807, 2.05) is 20.8 Å². The van der Waals surface area contributed by atoms with Crippen molar-refractivity contribution < 1.29 is 12.8 Å². The van der Waals surface area contributed by atoms with Crippen molar-refractivity contribution in [2.75, 3.05) is 11.4 Å². The van der Waals surface area contributed by atoms with Gasteiger partial charge in [0.25, 0.3) is 0 Å². The molecule has 3 heterocycles. The first-order valence-electron chi connectivity index (χ1n) is 10.3. The number of hydrogen-bond acceptors (Lipinski definition) is 4. The minimum absolute atomic E-state index is 0.0577. The minimum atomic E-state index is -1.67. The lowest BCUT2D eigenvalue weighted by molar-refractivity contribution is 0.150. The molecule has 6 nitrogen and oxygen atoms in total. The maximum Gasteiger partial charge on any atom is 0.175 e. The average molecular weight is 449 g/mol. The van der Waals surface area contributed by atoms with Gasteiger partial charge in [-0.1, -0.05) is 0 Å². The fourth-order valence-electron chi connectivity index (χ4n) is 4.56. The zero-order valence-electron chi connectivity index (χ0n) is 17.3. The van der Waals surface area contributed by atoms with Crippen LogP contribution in [0.1, 0.15) is 45.1 Å². The van der Waals surface area contributed by atoms with Gasteiger partial charge in [-0.25, -0.2) is 12.8 Å². The Bertz CT molecular complexity index is 1190. The molecule has 9 heteroatoms. The Kier molecular flexibility index (Phi) is 4.66. The number of fused-ring (bicyclic) bond motifs is 1. The summed E-state index contributed by atoms with van der Waals surface area (Å²) >= 11 is 0. The summed E-state index contributed by atoms with van der Waals surface area (Å²) in [5, 5.41) is 5.55. The molecule has 1 spiro atoms. The smallest absolute Gasteiger partial charge is 0.175 e. The molecule has 1 aromatic carbocycles. The molecule has 1 saturated carbocycles. The van der Waals surface area contributed by atoms with Crippen molar-refractivity contribution in [3.05, 3.63) is 42.0 Å². The Hall–Kier alpha value is -2.00. The Morgan fingerprint density at radius 3 is 2.57 bits per heavy atom. The highest BCUT2D eigenvalue weighted by Gasteiger charge is 2.50. The van der Waals surface area contributed by atoms with E-state index in [2.05, 4.69) is 4.90 Å². The summed E-state index contributed by atoms with van der Waals surface area (Å²) in [6, 6.07) is 4.61. The Morgan fingerprint density at radius 2 is 1.97 bits per heavy atom. The van der Waals surface area contributed by atoms with Crippen LogP contribution in [-0.2, 0) is 22.0 Å². The predicted molar refractivity (Wildman–Crippen MR) is 118 cm³/mol. The second-order valence-corrected chi connectivity index (χ2v) is 11.8. The van der Waals surface area contributed by atoms with E-state index in [9.17, 15) is 12.8 Å². The summed E-state index contributed by atoms with van der Waals surface area (Å²) in [6.45, 7) is 6.53. The van der Waals surface area contributed by atoms with Crippen LogP contribution in [0.3, 0.4) is 0 Å². The summed E-state index contributed by atoms with van der Waals surface area (Å²) in [4.78, 5) is 2.81. The molecule has 160 valence electrons. The number of aryl methyl sites for hydroxylation is 1. The van der Waals surface area contributed by atoms with Gasteiger partial charge in [0.1, 0.15) is 16.8 Å². The van der Waals surface area contributed by atoms with Crippen LogP contribution < -0.4 is 4.90 Å². The molecule has 2 aliphatic rings. The first-order valence-corrected chi connectivity index (χ1v) is 12.6. The molecule has 0 amide bonds. The van der Waals surface area contributed by atoms with Gasteiger partial charge in [0.2, 0.25) is 0 Å². The molecular formula is C21H25FN4O2S2. The van der Waals surface area contributed by atoms with Crippen LogP contribution in [0.5, 0.6) is 0 Å². The number of hydrogen-bond donors (Lipinski definition) is 0. The molecule has 0 N–H and O–H groups in total. The van der Waals surface area contributed by atoms with Crippen LogP contribution in [0.25, 0.3) is 10.9 Å². The van der Waals surface area contributed by atoms with Crippen molar-refractivity contribution in [1.82, 2.24) is 13.2 Å². The van der Waals surface area contributed by atoms with Gasteiger partial charge in [0.15, 0.2) is 16.8 Å². The van der Waals surface area contributed by atoms with Crippen molar-refractivity contribution >= 4 is 38.7 Å². The highest BCUT2D eigenvalue weighted by Crippen LogP contribution is 2.50. The monoisotopic (exact) mass is 448 g/mol. The third-order valence-corrected chi connectivity index (χ3v) is 9.10. The number of benzene rings is 1. The first-order chi connectivity index (χ1) is 14.3. The number of rotatable bonds is 5. The largest absolute Gasteiger partial charge is 0.349 e. The van der Waals surface area contributed by atoms with E-state index in [0.29, 0.717) is 10.4 Å². The number of halogens is 1. The highest BCUT2D eigenvalue weighted by atomic mass is 32.2. The lowest BCUT2D eigenvalue weighted by Gasteiger charge is -2.59. The quantitative estimate of drug-likeness (QED) is 0.594. The summed E-state index contributed by atoms with van der Waals surface area (Å²) in [5.74, 6) is 0.428. The minimum Gasteiger partial charge on any atom is -0.349 e. The maximum absolute atomic E-state index is 14.3. The van der Waals surface area contributed by atoms with Crippen LogP contribution in [-0.4, -0.2) is 38.9 Å². The number of nitrogens with zero attached hydrogens (tertiary/aromatic N) is 4. The van der Waals surface area contributed by atoms with Crippen molar-refractivity contribution in [1.29, 1.82) is 0 Å². The molecular weight excluding hydrogens is 423 g/mol. The summed E-state index contributed by atoms with van der Waals surface area (Å²) in [6.07, 6.45) is 7.95. The third kappa shape index (κ3) is 2.89. The van der Waals surface area contributed by atoms with Gasteiger partial charge in [0.05, 0.1) is 10.4 Å². The normalized spacial score (nSPS) is 19.8. The zero-order chi connectivity index (χ0) is 21.2. The van der Waals surface area contributed by atoms with Gasteiger partial charge in [-0.3, -0.25) is 3.97 Å². The van der Waals surface area contributed by atoms with Crippen LogP contribution >= 0.6 is 0 Å². The van der Waals surface area contributed by atoms with Gasteiger partial charge in [-0.2, -0.15) is 4.09 Å². The van der Waals surface area contributed by atoms with Crippen molar-refractivity contribution in [2.45, 2.75) is 62.1 Å². The summed E-state index contributed by atoms with van der Waals surface area (Å²) in [7, 11) is -2.91. The van der Waals surface area contributed by atoms with Gasteiger partial charge < -0.3 is 4.90 Å². The molecule has 2 unspecified atom stereocenters. The lowest BCUT2D eigenvalue weighted by atomic mass is 9.68.